The highest BCUT2D eigenvalue weighted by Gasteiger charge is 2.25. The van der Waals surface area contributed by atoms with Crippen LogP contribution in [0.3, 0.4) is 0 Å². The molecule has 0 unspecified atom stereocenters. The van der Waals surface area contributed by atoms with Gasteiger partial charge in [-0.05, 0) is 31.9 Å². The molecule has 1 aromatic carbocycles. The van der Waals surface area contributed by atoms with Crippen molar-refractivity contribution in [2.75, 3.05) is 0 Å². The van der Waals surface area contributed by atoms with Gasteiger partial charge < -0.3 is 8.98 Å². The maximum Gasteiger partial charge on any atom is 0.358 e. The van der Waals surface area contributed by atoms with Crippen LogP contribution in [0.2, 0.25) is 0 Å². The fraction of sp³-hybridized carbons (Fsp3) is 0.318. The minimum atomic E-state index is -0.509. The topological polar surface area (TPSA) is 95.3 Å². The predicted octanol–water partition coefficient (Wildman–Crippen LogP) is 2.63. The van der Waals surface area contributed by atoms with Crippen LogP contribution in [0.15, 0.2) is 44.7 Å². The summed E-state index contributed by atoms with van der Waals surface area (Å²) in [5, 5.41) is 4.40. The van der Waals surface area contributed by atoms with E-state index in [1.807, 2.05) is 30.9 Å². The number of hydrogen-bond acceptors (Lipinski definition) is 6. The van der Waals surface area contributed by atoms with Gasteiger partial charge in [0.1, 0.15) is 11.2 Å². The molecule has 0 spiro atoms. The molecule has 0 saturated carbocycles. The normalized spacial score (nSPS) is 13.4. The molecule has 31 heavy (non-hydrogen) atoms. The Morgan fingerprint density at radius 1 is 1.29 bits per heavy atom. The summed E-state index contributed by atoms with van der Waals surface area (Å²) in [4.78, 5) is 35.5. The summed E-state index contributed by atoms with van der Waals surface area (Å²) >= 11 is 1.56. The number of carbonyl (C=O) groups excluding carboxylic acids is 1. The number of carbonyl (C=O) groups is 1. The van der Waals surface area contributed by atoms with E-state index in [1.165, 1.54) is 10.6 Å². The number of fused-ring (bicyclic) bond motifs is 4. The predicted molar refractivity (Wildman–Crippen MR) is 117 cm³/mol. The van der Waals surface area contributed by atoms with Gasteiger partial charge >= 0.3 is 5.63 Å². The van der Waals surface area contributed by atoms with E-state index in [0.717, 1.165) is 24.1 Å². The molecule has 1 amide bonds. The summed E-state index contributed by atoms with van der Waals surface area (Å²) in [6, 6.07) is 7.09. The Morgan fingerprint density at radius 3 is 2.97 bits per heavy atom. The van der Waals surface area contributed by atoms with Gasteiger partial charge in [-0.25, -0.2) is 9.78 Å². The van der Waals surface area contributed by atoms with E-state index in [2.05, 4.69) is 19.6 Å². The SMILES string of the molecule is CCn1c2c(sc1=NC(=O)CCc1nc3ccccc3oc1=O)CCc1c-2cnn1C. The van der Waals surface area contributed by atoms with Crippen LogP contribution in [0.1, 0.15) is 29.6 Å². The number of rotatable bonds is 4. The number of nitrogens with zero attached hydrogens (tertiary/aromatic N) is 5. The van der Waals surface area contributed by atoms with Gasteiger partial charge in [-0.1, -0.05) is 12.1 Å². The van der Waals surface area contributed by atoms with E-state index in [4.69, 9.17) is 4.42 Å². The molecule has 1 aliphatic rings. The molecule has 0 bridgehead atoms. The van der Waals surface area contributed by atoms with E-state index in [1.54, 1.807) is 29.5 Å². The lowest BCUT2D eigenvalue weighted by atomic mass is 10.00. The Kier molecular flexibility index (Phi) is 4.90. The van der Waals surface area contributed by atoms with Gasteiger partial charge in [-0.15, -0.1) is 11.3 Å². The zero-order chi connectivity index (χ0) is 21.5. The minimum Gasteiger partial charge on any atom is -0.420 e. The molecule has 1 aliphatic carbocycles. The van der Waals surface area contributed by atoms with E-state index < -0.39 is 5.63 Å². The largest absolute Gasteiger partial charge is 0.420 e. The molecule has 0 fully saturated rings. The first-order valence-electron chi connectivity index (χ1n) is 10.2. The van der Waals surface area contributed by atoms with Gasteiger partial charge in [0, 0.05) is 42.6 Å². The quantitative estimate of drug-likeness (QED) is 0.491. The van der Waals surface area contributed by atoms with Crippen molar-refractivity contribution in [2.24, 2.45) is 12.0 Å². The van der Waals surface area contributed by atoms with Gasteiger partial charge in [0.05, 0.1) is 11.9 Å². The first-order valence-corrected chi connectivity index (χ1v) is 11.1. The lowest BCUT2D eigenvalue weighted by molar-refractivity contribution is -0.118. The summed E-state index contributed by atoms with van der Waals surface area (Å²) < 4.78 is 9.30. The van der Waals surface area contributed by atoms with Crippen molar-refractivity contribution in [3.8, 4) is 11.3 Å². The number of benzene rings is 1. The fourth-order valence-electron chi connectivity index (χ4n) is 4.02. The Bertz CT molecular complexity index is 1440. The highest BCUT2D eigenvalue weighted by molar-refractivity contribution is 7.09. The van der Waals surface area contributed by atoms with Gasteiger partial charge in [-0.2, -0.15) is 10.1 Å². The minimum absolute atomic E-state index is 0.0977. The van der Waals surface area contributed by atoms with Crippen LogP contribution in [-0.2, 0) is 37.6 Å². The van der Waals surface area contributed by atoms with Crippen molar-refractivity contribution < 1.29 is 9.21 Å². The van der Waals surface area contributed by atoms with Crippen LogP contribution < -0.4 is 10.4 Å². The smallest absolute Gasteiger partial charge is 0.358 e. The van der Waals surface area contributed by atoms with Gasteiger partial charge in [0.2, 0.25) is 5.91 Å². The summed E-state index contributed by atoms with van der Waals surface area (Å²) in [5.74, 6) is -0.276. The Balaban J connectivity index is 1.43. The second-order valence-corrected chi connectivity index (χ2v) is 8.51. The Labute approximate surface area is 181 Å². The molecular formula is C22H21N5O3S. The van der Waals surface area contributed by atoms with E-state index in [9.17, 15) is 9.59 Å². The summed E-state index contributed by atoms with van der Waals surface area (Å²) in [5.41, 5.74) is 4.22. The molecule has 3 heterocycles. The van der Waals surface area contributed by atoms with Crippen molar-refractivity contribution in [2.45, 2.75) is 39.2 Å². The number of aromatic nitrogens is 4. The molecule has 3 aromatic heterocycles. The van der Waals surface area contributed by atoms with Crippen molar-refractivity contribution >= 4 is 28.3 Å². The third kappa shape index (κ3) is 3.44. The number of hydrogen-bond donors (Lipinski definition) is 0. The second-order valence-electron chi connectivity index (χ2n) is 7.45. The molecule has 0 N–H and O–H groups in total. The van der Waals surface area contributed by atoms with Crippen molar-refractivity contribution in [3.63, 3.8) is 0 Å². The molecule has 0 saturated heterocycles. The molecule has 5 rings (SSSR count). The van der Waals surface area contributed by atoms with Gasteiger partial charge in [0.25, 0.3) is 0 Å². The monoisotopic (exact) mass is 435 g/mol. The lowest BCUT2D eigenvalue weighted by Gasteiger charge is -2.15. The first-order chi connectivity index (χ1) is 15.0. The lowest BCUT2D eigenvalue weighted by Crippen LogP contribution is -2.18. The number of aryl methyl sites for hydroxylation is 3. The van der Waals surface area contributed by atoms with Crippen LogP contribution in [-0.4, -0.2) is 25.2 Å². The molecule has 0 atom stereocenters. The number of thiazole rings is 1. The molecule has 0 radical (unpaired) electrons. The zero-order valence-corrected chi connectivity index (χ0v) is 18.1. The van der Waals surface area contributed by atoms with E-state index in [0.29, 0.717) is 22.4 Å². The van der Waals surface area contributed by atoms with Gasteiger partial charge in [-0.3, -0.25) is 9.48 Å². The molecular weight excluding hydrogens is 414 g/mol. The third-order valence-electron chi connectivity index (χ3n) is 5.56. The summed E-state index contributed by atoms with van der Waals surface area (Å²) in [6.45, 7) is 2.76. The molecule has 8 nitrogen and oxygen atoms in total. The van der Waals surface area contributed by atoms with Crippen molar-refractivity contribution in [1.29, 1.82) is 0 Å². The maximum absolute atomic E-state index is 12.6. The average molecular weight is 436 g/mol. The summed E-state index contributed by atoms with van der Waals surface area (Å²) in [7, 11) is 1.96. The Morgan fingerprint density at radius 2 is 2.13 bits per heavy atom. The molecule has 158 valence electrons. The fourth-order valence-corrected chi connectivity index (χ4v) is 5.24. The number of amides is 1. The zero-order valence-electron chi connectivity index (χ0n) is 17.3. The second kappa shape index (κ2) is 7.73. The van der Waals surface area contributed by atoms with Crippen LogP contribution in [0.25, 0.3) is 22.4 Å². The van der Waals surface area contributed by atoms with Crippen LogP contribution in [0.4, 0.5) is 0 Å². The highest BCUT2D eigenvalue weighted by Crippen LogP contribution is 2.34. The highest BCUT2D eigenvalue weighted by atomic mass is 32.1. The van der Waals surface area contributed by atoms with E-state index >= 15 is 0 Å². The standard InChI is InChI=1S/C22H21N5O3S/c1-3-27-20-13-12-23-26(2)16(13)9-10-18(20)31-22(27)25-19(28)11-8-15-21(29)30-17-7-5-4-6-14(17)24-15/h4-7,12H,3,8-11H2,1-2H3. The van der Waals surface area contributed by atoms with Crippen LogP contribution >= 0.6 is 11.3 Å². The maximum atomic E-state index is 12.6. The van der Waals surface area contributed by atoms with Crippen molar-refractivity contribution in [3.05, 3.63) is 61.9 Å². The molecule has 9 heteroatoms. The third-order valence-corrected chi connectivity index (χ3v) is 6.69. The van der Waals surface area contributed by atoms with Crippen LogP contribution in [0.5, 0.6) is 0 Å². The first kappa shape index (κ1) is 19.6. The number of para-hydroxylation sites is 2. The summed E-state index contributed by atoms with van der Waals surface area (Å²) in [6.07, 6.45) is 4.03. The van der Waals surface area contributed by atoms with Crippen molar-refractivity contribution in [1.82, 2.24) is 19.3 Å². The van der Waals surface area contributed by atoms with Crippen LogP contribution in [0, 0.1) is 0 Å². The molecule has 0 aliphatic heterocycles. The van der Waals surface area contributed by atoms with E-state index in [-0.39, 0.29) is 24.4 Å². The van der Waals surface area contributed by atoms with Gasteiger partial charge in [0.15, 0.2) is 10.4 Å². The molecule has 4 aromatic rings. The average Bonchev–Trinajstić information content (AvgIpc) is 3.31. The Hall–Kier alpha value is -3.33.